The molecule has 2 aromatic carbocycles. The van der Waals surface area contributed by atoms with Gasteiger partial charge in [-0.3, -0.25) is 0 Å². The van der Waals surface area contributed by atoms with Crippen LogP contribution in [0.5, 0.6) is 0 Å². The monoisotopic (exact) mass is 353 g/mol. The van der Waals surface area contributed by atoms with Crippen LogP contribution >= 0.6 is 0 Å². The Morgan fingerprint density at radius 2 is 0.913 bits per heavy atom. The summed E-state index contributed by atoms with van der Waals surface area (Å²) < 4.78 is 0. The van der Waals surface area contributed by atoms with Gasteiger partial charge in [0.05, 0.1) is 0 Å². The molecule has 2 aromatic rings. The van der Waals surface area contributed by atoms with E-state index in [9.17, 15) is 0 Å². The van der Waals surface area contributed by atoms with Gasteiger partial charge >= 0.3 is 0 Å². The normalized spacial score (nSPS) is 8.96. The first kappa shape index (κ1) is 21.2. The molecule has 127 valence electrons. The number of rotatable bonds is 4. The van der Waals surface area contributed by atoms with Gasteiger partial charge in [-0.2, -0.15) is 0 Å². The van der Waals surface area contributed by atoms with Crippen LogP contribution in [0.25, 0.3) is 10.6 Å². The van der Waals surface area contributed by atoms with Gasteiger partial charge in [-0.25, -0.2) is 0 Å². The molecular formula is C18H26MnN4-2. The summed E-state index contributed by atoms with van der Waals surface area (Å²) in [5.41, 5.74) is 4.40. The van der Waals surface area contributed by atoms with Crippen LogP contribution in [0.1, 0.15) is 0 Å². The second-order valence-electron chi connectivity index (χ2n) is 5.21. The summed E-state index contributed by atoms with van der Waals surface area (Å²) in [6.45, 7) is 0. The van der Waals surface area contributed by atoms with E-state index in [4.69, 9.17) is 0 Å². The molecule has 2 rings (SSSR count). The van der Waals surface area contributed by atoms with Gasteiger partial charge in [0, 0.05) is 56.6 Å². The molecule has 0 spiro atoms. The van der Waals surface area contributed by atoms with E-state index >= 15 is 0 Å². The maximum atomic E-state index is 4.15. The van der Waals surface area contributed by atoms with E-state index in [1.165, 1.54) is 0 Å². The quantitative estimate of drug-likeness (QED) is 0.742. The van der Waals surface area contributed by atoms with Crippen LogP contribution in [-0.4, -0.2) is 42.3 Å². The van der Waals surface area contributed by atoms with Crippen molar-refractivity contribution in [1.29, 1.82) is 0 Å². The Labute approximate surface area is 151 Å². The van der Waals surface area contributed by atoms with Gasteiger partial charge in [0.2, 0.25) is 0 Å². The predicted octanol–water partition coefficient (Wildman–Crippen LogP) is 4.77. The molecule has 0 aliphatic heterocycles. The van der Waals surface area contributed by atoms with E-state index in [2.05, 4.69) is 32.6 Å². The molecule has 5 heteroatoms. The Kier molecular flexibility index (Phi) is 9.95. The van der Waals surface area contributed by atoms with Crippen molar-refractivity contribution in [2.45, 2.75) is 0 Å². The molecule has 0 N–H and O–H groups in total. The molecule has 0 amide bonds. The third-order valence-electron chi connectivity index (χ3n) is 3.21. The summed E-state index contributed by atoms with van der Waals surface area (Å²) in [4.78, 5) is 4.12. The minimum Gasteiger partial charge on any atom is -0.685 e. The molecule has 23 heavy (non-hydrogen) atoms. The predicted molar refractivity (Wildman–Crippen MR) is 99.4 cm³/mol. The molecule has 0 bridgehead atoms. The van der Waals surface area contributed by atoms with E-state index in [0.717, 1.165) is 22.7 Å². The Morgan fingerprint density at radius 3 is 1.13 bits per heavy atom. The Hall–Kier alpha value is -1.84. The van der Waals surface area contributed by atoms with Crippen molar-refractivity contribution in [3.63, 3.8) is 0 Å². The molecule has 0 aliphatic carbocycles. The third-order valence-corrected chi connectivity index (χ3v) is 3.21. The van der Waals surface area contributed by atoms with E-state index < -0.39 is 0 Å². The first-order valence-electron chi connectivity index (χ1n) is 7.23. The first-order valence-corrected chi connectivity index (χ1v) is 7.23. The number of benzene rings is 2. The average molecular weight is 353 g/mol. The van der Waals surface area contributed by atoms with Crippen LogP contribution in [0.2, 0.25) is 0 Å². The minimum atomic E-state index is 0. The fraction of sp³-hybridized carbons (Fsp3) is 0.333. The Morgan fingerprint density at radius 1 is 0.609 bits per heavy atom. The summed E-state index contributed by atoms with van der Waals surface area (Å²) >= 11 is 0. The van der Waals surface area contributed by atoms with Crippen LogP contribution in [0.15, 0.2) is 48.5 Å². The SMILES string of the molecule is C[N-]c1ccccc1N(C)C.C[N-]c1ccccc1N(C)C.[Mn]. The van der Waals surface area contributed by atoms with E-state index in [-0.39, 0.29) is 17.1 Å². The van der Waals surface area contributed by atoms with Gasteiger partial charge in [-0.15, -0.1) is 25.5 Å². The number of nitrogens with zero attached hydrogens (tertiary/aromatic N) is 4. The van der Waals surface area contributed by atoms with Crippen molar-refractivity contribution in [1.82, 2.24) is 0 Å². The topological polar surface area (TPSA) is 34.7 Å². The number of anilines is 2. The summed E-state index contributed by atoms with van der Waals surface area (Å²) in [6, 6.07) is 16.2. The molecule has 1 radical (unpaired) electrons. The zero-order chi connectivity index (χ0) is 16.5. The maximum absolute atomic E-state index is 4.15. The largest absolute Gasteiger partial charge is 0.685 e. The summed E-state index contributed by atoms with van der Waals surface area (Å²) in [5.74, 6) is 0. The molecular weight excluding hydrogens is 327 g/mol. The van der Waals surface area contributed by atoms with Crippen molar-refractivity contribution in [2.24, 2.45) is 0 Å². The van der Waals surface area contributed by atoms with Crippen molar-refractivity contribution in [3.05, 3.63) is 59.2 Å². The second-order valence-corrected chi connectivity index (χ2v) is 5.21. The average Bonchev–Trinajstić information content (AvgIpc) is 2.55. The van der Waals surface area contributed by atoms with Crippen molar-refractivity contribution >= 4 is 22.7 Å². The third kappa shape index (κ3) is 6.43. The zero-order valence-electron chi connectivity index (χ0n) is 14.8. The molecule has 0 unspecified atom stereocenters. The van der Waals surface area contributed by atoms with Crippen LogP contribution < -0.4 is 9.80 Å². The zero-order valence-corrected chi connectivity index (χ0v) is 16.0. The van der Waals surface area contributed by atoms with Crippen LogP contribution in [-0.2, 0) is 17.1 Å². The summed E-state index contributed by atoms with van der Waals surface area (Å²) in [7, 11) is 11.7. The van der Waals surface area contributed by atoms with E-state index in [0.29, 0.717) is 0 Å². The van der Waals surface area contributed by atoms with E-state index in [1.807, 2.05) is 78.7 Å². The van der Waals surface area contributed by atoms with Gasteiger partial charge in [0.15, 0.2) is 0 Å². The number of para-hydroxylation sites is 4. The fourth-order valence-corrected chi connectivity index (χ4v) is 2.06. The summed E-state index contributed by atoms with van der Waals surface area (Å²) in [6.07, 6.45) is 0. The van der Waals surface area contributed by atoms with Crippen molar-refractivity contribution in [2.75, 3.05) is 52.1 Å². The maximum Gasteiger partial charge on any atom is 0.0209 e. The van der Waals surface area contributed by atoms with Crippen LogP contribution in [0.4, 0.5) is 22.7 Å². The van der Waals surface area contributed by atoms with Gasteiger partial charge < -0.3 is 20.4 Å². The van der Waals surface area contributed by atoms with Gasteiger partial charge in [0.25, 0.3) is 0 Å². The van der Waals surface area contributed by atoms with E-state index in [1.54, 1.807) is 0 Å². The minimum absolute atomic E-state index is 0. The molecule has 4 nitrogen and oxygen atoms in total. The number of hydrogen-bond donors (Lipinski definition) is 0. The molecule has 0 aromatic heterocycles. The second kappa shape index (κ2) is 10.8. The Balaban J connectivity index is 0.000000403. The molecule has 0 saturated carbocycles. The van der Waals surface area contributed by atoms with Crippen molar-refractivity contribution in [3.8, 4) is 0 Å². The van der Waals surface area contributed by atoms with Gasteiger partial charge in [-0.1, -0.05) is 36.4 Å². The smallest absolute Gasteiger partial charge is 0.0209 e. The van der Waals surface area contributed by atoms with Gasteiger partial charge in [0.1, 0.15) is 0 Å². The first-order chi connectivity index (χ1) is 10.5. The standard InChI is InChI=1S/2C9H13N2.Mn/c2*1-10-8-6-4-5-7-9(8)11(2)3;/h2*4-7H,1-3H3;/q2*-1;. The molecule has 0 aliphatic rings. The molecule has 0 atom stereocenters. The fourth-order valence-electron chi connectivity index (χ4n) is 2.06. The summed E-state index contributed by atoms with van der Waals surface area (Å²) in [5, 5.41) is 8.30. The molecule has 0 heterocycles. The molecule has 0 saturated heterocycles. The number of hydrogen-bond acceptors (Lipinski definition) is 2. The van der Waals surface area contributed by atoms with Crippen LogP contribution in [0.3, 0.4) is 0 Å². The van der Waals surface area contributed by atoms with Crippen LogP contribution in [0, 0.1) is 0 Å². The van der Waals surface area contributed by atoms with Crippen molar-refractivity contribution < 1.29 is 17.1 Å². The molecule has 0 fully saturated rings. The van der Waals surface area contributed by atoms with Gasteiger partial charge in [-0.05, 0) is 12.1 Å². The Bertz CT molecular complexity index is 519.